The number of para-hydroxylation sites is 1. The molecule has 0 aliphatic carbocycles. The van der Waals surface area contributed by atoms with Crippen LogP contribution in [0.5, 0.6) is 0 Å². The predicted molar refractivity (Wildman–Crippen MR) is 178 cm³/mol. The predicted octanol–water partition coefficient (Wildman–Crippen LogP) is 10.9. The molecule has 0 N–H and O–H groups in total. The van der Waals surface area contributed by atoms with E-state index in [1.807, 2.05) is 60.9 Å². The van der Waals surface area contributed by atoms with E-state index < -0.39 is 0 Å². The molecule has 0 amide bonds. The molecule has 0 aliphatic heterocycles. The molecule has 0 unspecified atom stereocenters. The van der Waals surface area contributed by atoms with Gasteiger partial charge in [0.25, 0.3) is 0 Å². The van der Waals surface area contributed by atoms with Gasteiger partial charge in [-0.2, -0.15) is 0 Å². The maximum atomic E-state index is 6.07. The van der Waals surface area contributed by atoms with Crippen molar-refractivity contribution in [1.82, 2.24) is 9.97 Å². The Morgan fingerprint density at radius 2 is 1.32 bits per heavy atom. The molecule has 221 valence electrons. The molecule has 3 aromatic heterocycles. The molecule has 0 saturated heterocycles. The van der Waals surface area contributed by atoms with Crippen LogP contribution in [0.25, 0.3) is 55.6 Å². The number of benzene rings is 4. The van der Waals surface area contributed by atoms with Crippen LogP contribution < -0.4 is 0 Å². The van der Waals surface area contributed by atoms with Gasteiger partial charge >= 0.3 is 0 Å². The molecule has 0 atom stereocenters. The smallest absolute Gasteiger partial charge is 0.120 e. The molecule has 4 heteroatoms. The second-order valence-corrected chi connectivity index (χ2v) is 11.3. The Bertz CT molecular complexity index is 1980. The van der Waals surface area contributed by atoms with E-state index in [1.54, 1.807) is 0 Å². The first kappa shape index (κ1) is 31.1. The van der Waals surface area contributed by atoms with Crippen molar-refractivity contribution < 1.29 is 24.5 Å². The van der Waals surface area contributed by atoms with Gasteiger partial charge in [-0.25, -0.2) is 0 Å². The van der Waals surface area contributed by atoms with Crippen LogP contribution in [0.3, 0.4) is 0 Å². The second kappa shape index (κ2) is 13.9. The minimum absolute atomic E-state index is 0. The summed E-state index contributed by atoms with van der Waals surface area (Å²) >= 11 is 0. The van der Waals surface area contributed by atoms with Crippen molar-refractivity contribution in [3.63, 3.8) is 0 Å². The topological polar surface area (TPSA) is 38.9 Å². The monoisotopic (exact) mass is 751 g/mol. The maximum absolute atomic E-state index is 6.07. The largest absolute Gasteiger partial charge is 0.501 e. The summed E-state index contributed by atoms with van der Waals surface area (Å²) in [6.45, 7) is 8.80. The molecule has 1 radical (unpaired) electrons. The van der Waals surface area contributed by atoms with Crippen LogP contribution in [-0.2, 0) is 20.1 Å². The van der Waals surface area contributed by atoms with Crippen LogP contribution in [0, 0.1) is 12.1 Å². The van der Waals surface area contributed by atoms with Crippen molar-refractivity contribution in [2.45, 2.75) is 39.5 Å². The van der Waals surface area contributed by atoms with E-state index in [0.717, 1.165) is 44.5 Å². The van der Waals surface area contributed by atoms with Gasteiger partial charge < -0.3 is 14.4 Å². The summed E-state index contributed by atoms with van der Waals surface area (Å²) in [7, 11) is 0. The molecule has 0 aliphatic rings. The summed E-state index contributed by atoms with van der Waals surface area (Å²) in [5.74, 6) is 1.03. The molecular weight excluding hydrogens is 717 g/mol. The van der Waals surface area contributed by atoms with E-state index in [4.69, 9.17) is 4.42 Å². The molecule has 0 spiro atoms. The van der Waals surface area contributed by atoms with Crippen molar-refractivity contribution in [3.05, 3.63) is 145 Å². The molecule has 3 heterocycles. The van der Waals surface area contributed by atoms with Crippen LogP contribution in [0.15, 0.2) is 126 Å². The summed E-state index contributed by atoms with van der Waals surface area (Å²) in [6.07, 6.45) is 3.67. The number of nitrogens with zero attached hydrogens (tertiary/aromatic N) is 2. The third kappa shape index (κ3) is 6.73. The minimum Gasteiger partial charge on any atom is -0.501 e. The van der Waals surface area contributed by atoms with E-state index in [1.165, 1.54) is 22.3 Å². The SMILES string of the molecule is CC(C)c1ccc(-c2cc[c-]c(-c3ccccn3)c2)cc1.CC(C)c1ccnc(-c2[c-]ccc3c2oc2ccccc23)c1.[Ir]. The van der Waals surface area contributed by atoms with Crippen LogP contribution >= 0.6 is 0 Å². The van der Waals surface area contributed by atoms with Crippen LogP contribution in [-0.4, -0.2) is 9.97 Å². The molecule has 7 rings (SSSR count). The Hall–Kier alpha value is -4.37. The summed E-state index contributed by atoms with van der Waals surface area (Å²) in [5, 5.41) is 2.24. The van der Waals surface area contributed by atoms with Gasteiger partial charge in [-0.1, -0.05) is 105 Å². The van der Waals surface area contributed by atoms with E-state index >= 15 is 0 Å². The van der Waals surface area contributed by atoms with Gasteiger partial charge in [0, 0.05) is 37.9 Å². The Kier molecular flexibility index (Phi) is 9.85. The van der Waals surface area contributed by atoms with Gasteiger partial charge in [-0.05, 0) is 52.5 Å². The van der Waals surface area contributed by atoms with Crippen LogP contribution in [0.1, 0.15) is 50.7 Å². The molecule has 7 aromatic rings. The zero-order valence-corrected chi connectivity index (χ0v) is 27.7. The minimum atomic E-state index is 0. The van der Waals surface area contributed by atoms with Crippen molar-refractivity contribution in [2.75, 3.05) is 0 Å². The number of aromatic nitrogens is 2. The molecule has 3 nitrogen and oxygen atoms in total. The zero-order chi connectivity index (χ0) is 29.8. The number of furan rings is 1. The quantitative estimate of drug-likeness (QED) is 0.165. The van der Waals surface area contributed by atoms with Crippen molar-refractivity contribution in [1.29, 1.82) is 0 Å². The van der Waals surface area contributed by atoms with Crippen molar-refractivity contribution in [2.24, 2.45) is 0 Å². The summed E-state index contributed by atoms with van der Waals surface area (Å²) in [6, 6.07) is 43.8. The van der Waals surface area contributed by atoms with Gasteiger partial charge in [0.15, 0.2) is 0 Å². The Morgan fingerprint density at radius 3 is 2.07 bits per heavy atom. The summed E-state index contributed by atoms with van der Waals surface area (Å²) in [4.78, 5) is 8.91. The normalized spacial score (nSPS) is 11.0. The fraction of sp³-hybridized carbons (Fsp3) is 0.150. The first-order valence-electron chi connectivity index (χ1n) is 14.8. The number of pyridine rings is 2. The van der Waals surface area contributed by atoms with Crippen molar-refractivity contribution in [3.8, 4) is 33.6 Å². The standard InChI is InChI=1S/C20H16NO.C20H18N.Ir/c1-13(2)14-10-11-21-18(12-14)17-8-5-7-16-15-6-3-4-9-19(15)22-20(16)17;1-15(2)16-9-11-17(12-10-16)18-6-5-7-19(14-18)20-8-3-4-13-21-20;/h3-7,9-13H,1-2H3;3-6,8-15H,1-2H3;/q2*-1;. The average molecular weight is 751 g/mol. The van der Waals surface area contributed by atoms with E-state index in [9.17, 15) is 0 Å². The van der Waals surface area contributed by atoms with Crippen LogP contribution in [0.4, 0.5) is 0 Å². The molecular formula is C40H34IrN2O-2. The summed E-state index contributed by atoms with van der Waals surface area (Å²) in [5.41, 5.74) is 10.6. The maximum Gasteiger partial charge on any atom is 0.120 e. The number of fused-ring (bicyclic) bond motifs is 3. The molecule has 44 heavy (non-hydrogen) atoms. The summed E-state index contributed by atoms with van der Waals surface area (Å²) < 4.78 is 6.07. The van der Waals surface area contributed by atoms with Gasteiger partial charge in [0.05, 0.1) is 5.58 Å². The Balaban J connectivity index is 0.000000171. The van der Waals surface area contributed by atoms with E-state index in [-0.39, 0.29) is 20.1 Å². The number of hydrogen-bond acceptors (Lipinski definition) is 3. The van der Waals surface area contributed by atoms with E-state index in [0.29, 0.717) is 11.8 Å². The number of rotatable bonds is 5. The van der Waals surface area contributed by atoms with Gasteiger partial charge in [-0.15, -0.1) is 53.6 Å². The van der Waals surface area contributed by atoms with E-state index in [2.05, 4.69) is 110 Å². The molecule has 0 saturated carbocycles. The fourth-order valence-electron chi connectivity index (χ4n) is 5.20. The molecule has 0 fully saturated rings. The average Bonchev–Trinajstić information content (AvgIpc) is 3.45. The first-order chi connectivity index (χ1) is 21.0. The molecule has 4 aromatic carbocycles. The fourth-order valence-corrected chi connectivity index (χ4v) is 5.20. The van der Waals surface area contributed by atoms with Gasteiger partial charge in [0.1, 0.15) is 5.58 Å². The third-order valence-electron chi connectivity index (χ3n) is 7.70. The number of hydrogen-bond donors (Lipinski definition) is 0. The zero-order valence-electron chi connectivity index (χ0n) is 25.3. The Labute approximate surface area is 273 Å². The van der Waals surface area contributed by atoms with Crippen LogP contribution in [0.2, 0.25) is 0 Å². The second-order valence-electron chi connectivity index (χ2n) is 11.3. The third-order valence-corrected chi connectivity index (χ3v) is 7.70. The first-order valence-corrected chi connectivity index (χ1v) is 14.8. The van der Waals surface area contributed by atoms with Gasteiger partial charge in [0.2, 0.25) is 0 Å². The van der Waals surface area contributed by atoms with Gasteiger partial charge in [-0.3, -0.25) is 0 Å². The Morgan fingerprint density at radius 1 is 0.591 bits per heavy atom. The van der Waals surface area contributed by atoms with Crippen molar-refractivity contribution >= 4 is 21.9 Å². The molecule has 0 bridgehead atoms.